The summed E-state index contributed by atoms with van der Waals surface area (Å²) >= 11 is 12.4. The average molecular weight is 525 g/mol. The molecule has 0 bridgehead atoms. The van der Waals surface area contributed by atoms with Crippen LogP contribution in [0.1, 0.15) is 36.9 Å². The number of nitrogens with one attached hydrogen (secondary N) is 1. The second-order valence-electron chi connectivity index (χ2n) is 9.19. The first-order chi connectivity index (χ1) is 17.6. The molecule has 190 valence electrons. The lowest BCUT2D eigenvalue weighted by Crippen LogP contribution is -2.51. The fourth-order valence-corrected chi connectivity index (χ4v) is 4.93. The van der Waals surface area contributed by atoms with Gasteiger partial charge in [0.1, 0.15) is 11.7 Å². The number of benzene rings is 2. The molecule has 0 amide bonds. The Kier molecular flexibility index (Phi) is 9.76. The normalized spacial score (nSPS) is 19.9. The summed E-state index contributed by atoms with van der Waals surface area (Å²) in [6.45, 7) is 7.53. The maximum Gasteiger partial charge on any atom is 0.131 e. The number of amidine groups is 2. The Bertz CT molecular complexity index is 1070. The van der Waals surface area contributed by atoms with Gasteiger partial charge in [-0.25, -0.2) is 0 Å². The molecule has 1 saturated heterocycles. The van der Waals surface area contributed by atoms with Gasteiger partial charge in [-0.1, -0.05) is 79.0 Å². The second kappa shape index (κ2) is 13.2. The smallest absolute Gasteiger partial charge is 0.131 e. The standard InChI is InChI=1S/C29H35Cl2N5/c1-3-4-5-6-7-24-20-33-27(34-29(24)32-2)21-35-16-18-36(19-17-35)28(22-8-12-25(30)13-9-22)23-10-14-26(31)15-11-23/h5-15,28H,3-4,16-21H2,1-2H3,(H,32,33,34)/b6-5-,24-7+. The number of piperazine rings is 1. The fourth-order valence-electron chi connectivity index (χ4n) is 4.68. The SMILES string of the molecule is CCC/C=C\C=C1/CN=C(CN2CCN(C(c3ccc(Cl)cc3)c3ccc(Cl)cc3)CC2)NC1=NC. The van der Waals surface area contributed by atoms with Crippen LogP contribution < -0.4 is 5.32 Å². The maximum atomic E-state index is 6.18. The molecule has 0 unspecified atom stereocenters. The van der Waals surface area contributed by atoms with E-state index in [2.05, 4.69) is 69.5 Å². The van der Waals surface area contributed by atoms with Crippen LogP contribution in [-0.2, 0) is 0 Å². The molecule has 0 radical (unpaired) electrons. The molecule has 1 fully saturated rings. The maximum absolute atomic E-state index is 6.18. The molecule has 2 aliphatic heterocycles. The van der Waals surface area contributed by atoms with E-state index in [-0.39, 0.29) is 6.04 Å². The highest BCUT2D eigenvalue weighted by Gasteiger charge is 2.27. The van der Waals surface area contributed by atoms with Crippen LogP contribution in [0.5, 0.6) is 0 Å². The molecule has 2 heterocycles. The Morgan fingerprint density at radius 3 is 2.14 bits per heavy atom. The predicted octanol–water partition coefficient (Wildman–Crippen LogP) is 6.01. The number of hydrogen-bond donors (Lipinski definition) is 1. The zero-order valence-corrected chi connectivity index (χ0v) is 22.6. The van der Waals surface area contributed by atoms with Gasteiger partial charge in [0.05, 0.1) is 19.1 Å². The molecular weight excluding hydrogens is 489 g/mol. The van der Waals surface area contributed by atoms with Crippen molar-refractivity contribution in [1.29, 1.82) is 0 Å². The van der Waals surface area contributed by atoms with Crippen molar-refractivity contribution in [2.45, 2.75) is 25.8 Å². The molecule has 2 aromatic rings. The summed E-state index contributed by atoms with van der Waals surface area (Å²) in [6, 6.07) is 16.6. The van der Waals surface area contributed by atoms with Crippen molar-refractivity contribution < 1.29 is 0 Å². The first-order valence-electron chi connectivity index (χ1n) is 12.7. The second-order valence-corrected chi connectivity index (χ2v) is 10.1. The molecule has 2 aromatic carbocycles. The van der Waals surface area contributed by atoms with E-state index < -0.39 is 0 Å². The van der Waals surface area contributed by atoms with E-state index in [1.165, 1.54) is 11.1 Å². The van der Waals surface area contributed by atoms with E-state index in [1.54, 1.807) is 0 Å². The lowest BCUT2D eigenvalue weighted by atomic mass is 9.96. The van der Waals surface area contributed by atoms with Crippen LogP contribution in [0.3, 0.4) is 0 Å². The molecule has 36 heavy (non-hydrogen) atoms. The zero-order chi connectivity index (χ0) is 25.3. The highest BCUT2D eigenvalue weighted by molar-refractivity contribution is 6.30. The molecule has 5 nitrogen and oxygen atoms in total. The lowest BCUT2D eigenvalue weighted by molar-refractivity contribution is 0.120. The van der Waals surface area contributed by atoms with Gasteiger partial charge in [0.25, 0.3) is 0 Å². The topological polar surface area (TPSA) is 43.2 Å². The third-order valence-corrected chi connectivity index (χ3v) is 7.14. The molecule has 2 aliphatic rings. The van der Waals surface area contributed by atoms with Gasteiger partial charge >= 0.3 is 0 Å². The molecule has 4 rings (SSSR count). The molecule has 7 heteroatoms. The minimum Gasteiger partial charge on any atom is -0.328 e. The van der Waals surface area contributed by atoms with Crippen LogP contribution in [0, 0.1) is 0 Å². The third-order valence-electron chi connectivity index (χ3n) is 6.64. The van der Waals surface area contributed by atoms with Crippen molar-refractivity contribution in [3.63, 3.8) is 0 Å². The summed E-state index contributed by atoms with van der Waals surface area (Å²) in [5.74, 6) is 1.91. The van der Waals surface area contributed by atoms with Gasteiger partial charge in [-0.2, -0.15) is 0 Å². The summed E-state index contributed by atoms with van der Waals surface area (Å²) in [7, 11) is 1.83. The van der Waals surface area contributed by atoms with E-state index in [0.29, 0.717) is 6.54 Å². The average Bonchev–Trinajstić information content (AvgIpc) is 2.90. The fraction of sp³-hybridized carbons (Fsp3) is 0.379. The quantitative estimate of drug-likeness (QED) is 0.460. The van der Waals surface area contributed by atoms with E-state index in [1.807, 2.05) is 31.3 Å². The van der Waals surface area contributed by atoms with Crippen LogP contribution in [0.2, 0.25) is 10.0 Å². The van der Waals surface area contributed by atoms with Gasteiger partial charge in [-0.05, 0) is 41.8 Å². The van der Waals surface area contributed by atoms with Crippen LogP contribution in [0.15, 0.2) is 82.3 Å². The molecule has 0 atom stereocenters. The molecule has 0 saturated carbocycles. The van der Waals surface area contributed by atoms with Gasteiger partial charge in [0, 0.05) is 48.8 Å². The monoisotopic (exact) mass is 523 g/mol. The summed E-state index contributed by atoms with van der Waals surface area (Å²) in [6.07, 6.45) is 8.68. The number of nitrogens with zero attached hydrogens (tertiary/aromatic N) is 4. The van der Waals surface area contributed by atoms with Gasteiger partial charge in [-0.3, -0.25) is 19.8 Å². The van der Waals surface area contributed by atoms with E-state index >= 15 is 0 Å². The highest BCUT2D eigenvalue weighted by atomic mass is 35.5. The largest absolute Gasteiger partial charge is 0.328 e. The molecule has 0 spiro atoms. The minimum absolute atomic E-state index is 0.166. The van der Waals surface area contributed by atoms with Crippen LogP contribution in [0.4, 0.5) is 0 Å². The Hall–Kier alpha value is -2.44. The molecule has 0 aromatic heterocycles. The molecule has 1 N–H and O–H groups in total. The first-order valence-corrected chi connectivity index (χ1v) is 13.4. The van der Waals surface area contributed by atoms with Gasteiger partial charge < -0.3 is 5.32 Å². The van der Waals surface area contributed by atoms with Crippen molar-refractivity contribution >= 4 is 34.9 Å². The summed E-state index contributed by atoms with van der Waals surface area (Å²) < 4.78 is 0. The third kappa shape index (κ3) is 7.07. The van der Waals surface area contributed by atoms with Gasteiger partial charge in [0.2, 0.25) is 0 Å². The Morgan fingerprint density at radius 1 is 0.972 bits per heavy atom. The first kappa shape index (κ1) is 26.6. The van der Waals surface area contributed by atoms with Crippen LogP contribution in [0.25, 0.3) is 0 Å². The van der Waals surface area contributed by atoms with Crippen molar-refractivity contribution in [2.24, 2.45) is 9.98 Å². The van der Waals surface area contributed by atoms with Gasteiger partial charge in [0.15, 0.2) is 0 Å². The summed E-state index contributed by atoms with van der Waals surface area (Å²) in [5.41, 5.74) is 3.61. The van der Waals surface area contributed by atoms with Gasteiger partial charge in [-0.15, -0.1) is 0 Å². The number of allylic oxidation sites excluding steroid dienone is 3. The van der Waals surface area contributed by atoms with Crippen molar-refractivity contribution in [3.05, 3.63) is 93.5 Å². The van der Waals surface area contributed by atoms with Crippen LogP contribution in [-0.4, -0.2) is 67.8 Å². The lowest BCUT2D eigenvalue weighted by Gasteiger charge is -2.40. The molecule has 0 aliphatic carbocycles. The Morgan fingerprint density at radius 2 is 1.58 bits per heavy atom. The Labute approximate surface area is 225 Å². The van der Waals surface area contributed by atoms with Crippen molar-refractivity contribution in [3.8, 4) is 0 Å². The predicted molar refractivity (Wildman–Crippen MR) is 154 cm³/mol. The number of hydrogen-bond acceptors (Lipinski definition) is 4. The minimum atomic E-state index is 0.166. The van der Waals surface area contributed by atoms with Crippen molar-refractivity contribution in [2.75, 3.05) is 46.3 Å². The number of rotatable bonds is 8. The van der Waals surface area contributed by atoms with E-state index in [4.69, 9.17) is 28.2 Å². The zero-order valence-electron chi connectivity index (χ0n) is 21.1. The number of halogens is 2. The van der Waals surface area contributed by atoms with E-state index in [9.17, 15) is 0 Å². The number of unbranched alkanes of at least 4 members (excludes halogenated alkanes) is 1. The summed E-state index contributed by atoms with van der Waals surface area (Å²) in [4.78, 5) is 14.3. The molecular formula is C29H35Cl2N5. The van der Waals surface area contributed by atoms with Crippen LogP contribution >= 0.6 is 23.2 Å². The highest BCUT2D eigenvalue weighted by Crippen LogP contribution is 2.31. The van der Waals surface area contributed by atoms with E-state index in [0.717, 1.165) is 72.9 Å². The Balaban J connectivity index is 1.40. The van der Waals surface area contributed by atoms with Crippen molar-refractivity contribution in [1.82, 2.24) is 15.1 Å². The number of aliphatic imine (C=N–C) groups is 2. The summed E-state index contributed by atoms with van der Waals surface area (Å²) in [5, 5.41) is 4.96.